The summed E-state index contributed by atoms with van der Waals surface area (Å²) >= 11 is 0. The fourth-order valence-electron chi connectivity index (χ4n) is 11.2. The van der Waals surface area contributed by atoms with Crippen molar-refractivity contribution in [2.45, 2.75) is 72.0 Å². The Morgan fingerprint density at radius 1 is 0.493 bits per heavy atom. The van der Waals surface area contributed by atoms with Crippen LogP contribution < -0.4 is 0 Å². The molecule has 0 N–H and O–H groups in total. The topological polar surface area (TPSA) is 91.0 Å². The molecule has 10 heteroatoms. The number of aromatic nitrogens is 4. The first-order valence-corrected chi connectivity index (χ1v) is 27.3. The third-order valence-electron chi connectivity index (χ3n) is 15.7. The highest BCUT2D eigenvalue weighted by atomic mass is 16.5. The Bertz CT molecular complexity index is 3590. The van der Waals surface area contributed by atoms with Crippen molar-refractivity contribution in [1.82, 2.24) is 19.1 Å². The molecule has 2 fully saturated rings. The van der Waals surface area contributed by atoms with E-state index in [2.05, 4.69) is 169 Å². The molecule has 2 saturated heterocycles. The van der Waals surface area contributed by atoms with Crippen molar-refractivity contribution in [2.75, 3.05) is 66.1 Å². The van der Waals surface area contributed by atoms with E-state index in [-0.39, 0.29) is 10.8 Å². The molecule has 0 spiro atoms. The predicted octanol–water partition coefficient (Wildman–Crippen LogP) is 14.5. The van der Waals surface area contributed by atoms with Crippen molar-refractivity contribution in [1.29, 1.82) is 0 Å². The van der Waals surface area contributed by atoms with Crippen LogP contribution in [0.25, 0.3) is 88.2 Å². The summed E-state index contributed by atoms with van der Waals surface area (Å²) < 4.78 is 40.6. The van der Waals surface area contributed by atoms with Crippen LogP contribution in [0.5, 0.6) is 0 Å². The monoisotopic (exact) mass is 1000 g/mol. The maximum Gasteiger partial charge on any atom is 0.235 e. The smallest absolute Gasteiger partial charge is 0.235 e. The van der Waals surface area contributed by atoms with Crippen molar-refractivity contribution in [2.24, 2.45) is 10.8 Å². The van der Waals surface area contributed by atoms with Gasteiger partial charge >= 0.3 is 0 Å². The lowest BCUT2D eigenvalue weighted by Crippen LogP contribution is -2.45. The fourth-order valence-corrected chi connectivity index (χ4v) is 11.2. The van der Waals surface area contributed by atoms with Crippen molar-refractivity contribution < 1.29 is 28.4 Å². The van der Waals surface area contributed by atoms with Gasteiger partial charge in [0.15, 0.2) is 0 Å². The van der Waals surface area contributed by atoms with Crippen LogP contribution in [0.3, 0.4) is 0 Å². The van der Waals surface area contributed by atoms with Gasteiger partial charge in [0.05, 0.1) is 86.1 Å². The Kier molecular flexibility index (Phi) is 14.5. The number of nitrogens with zero attached hydrogens (tertiary/aromatic N) is 4. The minimum atomic E-state index is 0.190. The number of para-hydroxylation sites is 2. The van der Waals surface area contributed by atoms with Gasteiger partial charge in [0, 0.05) is 80.8 Å². The van der Waals surface area contributed by atoms with Gasteiger partial charge in [0.1, 0.15) is 0 Å². The number of ether oxygens (including phenoxy) is 6. The quantitative estimate of drug-likeness (QED) is 0.0553. The Hall–Kier alpha value is -6.50. The van der Waals surface area contributed by atoms with Gasteiger partial charge < -0.3 is 33.0 Å². The van der Waals surface area contributed by atoms with Crippen LogP contribution in [0.1, 0.15) is 69.9 Å². The molecule has 0 atom stereocenters. The Labute approximate surface area is 439 Å². The van der Waals surface area contributed by atoms with E-state index in [1.165, 1.54) is 5.39 Å². The van der Waals surface area contributed by atoms with Crippen molar-refractivity contribution in [3.63, 3.8) is 0 Å². The van der Waals surface area contributed by atoms with Gasteiger partial charge in [-0.05, 0) is 110 Å². The Balaban J connectivity index is 0.920. The van der Waals surface area contributed by atoms with Crippen LogP contribution in [0.2, 0.25) is 0 Å². The van der Waals surface area contributed by atoms with E-state index < -0.39 is 0 Å². The van der Waals surface area contributed by atoms with Crippen LogP contribution in [0.15, 0.2) is 146 Å². The summed E-state index contributed by atoms with van der Waals surface area (Å²) in [5.74, 6) is 0.630. The van der Waals surface area contributed by atoms with E-state index in [9.17, 15) is 0 Å². The number of rotatable bonds is 24. The van der Waals surface area contributed by atoms with Crippen molar-refractivity contribution in [3.05, 3.63) is 157 Å². The molecule has 0 radical (unpaired) electrons. The zero-order valence-electron chi connectivity index (χ0n) is 43.5. The van der Waals surface area contributed by atoms with E-state index in [4.69, 9.17) is 38.4 Å². The van der Waals surface area contributed by atoms with Gasteiger partial charge in [-0.25, -0.2) is 9.97 Å². The highest BCUT2D eigenvalue weighted by Crippen LogP contribution is 2.43. The van der Waals surface area contributed by atoms with E-state index in [0.29, 0.717) is 32.4 Å². The summed E-state index contributed by atoms with van der Waals surface area (Å²) in [5.41, 5.74) is 11.1. The summed E-state index contributed by atoms with van der Waals surface area (Å²) in [5, 5.41) is 7.89. The maximum atomic E-state index is 6.56. The Morgan fingerprint density at radius 2 is 1.09 bits per heavy atom. The normalized spacial score (nSPS) is 15.2. The molecule has 12 rings (SSSR count). The average Bonchev–Trinajstić information content (AvgIpc) is 3.96. The van der Waals surface area contributed by atoms with Crippen LogP contribution in [0, 0.1) is 10.8 Å². The summed E-state index contributed by atoms with van der Waals surface area (Å²) in [6, 6.07) is 52.3. The summed E-state index contributed by atoms with van der Waals surface area (Å²) in [7, 11) is 0. The largest absolute Gasteiger partial charge is 0.381 e. The van der Waals surface area contributed by atoms with Gasteiger partial charge in [-0.1, -0.05) is 111 Å². The molecule has 10 aromatic rings. The van der Waals surface area contributed by atoms with Crippen molar-refractivity contribution in [3.8, 4) is 22.9 Å². The molecule has 10 nitrogen and oxygen atoms in total. The average molecular weight is 1000 g/mol. The second kappa shape index (κ2) is 22.0. The molecule has 0 aliphatic carbocycles. The van der Waals surface area contributed by atoms with Crippen LogP contribution in [0.4, 0.5) is 0 Å². The molecule has 7 aromatic carbocycles. The first-order valence-electron chi connectivity index (χ1n) is 27.3. The van der Waals surface area contributed by atoms with Crippen molar-refractivity contribution >= 4 is 65.3 Å². The first kappa shape index (κ1) is 49.4. The molecular formula is C65H68N4O6. The Morgan fingerprint density at radius 3 is 1.79 bits per heavy atom. The zero-order valence-corrected chi connectivity index (χ0v) is 43.5. The third-order valence-corrected chi connectivity index (χ3v) is 15.7. The maximum absolute atomic E-state index is 6.56. The summed E-state index contributed by atoms with van der Waals surface area (Å²) in [6.07, 6.45) is 7.28. The first-order chi connectivity index (χ1) is 37.0. The van der Waals surface area contributed by atoms with Gasteiger partial charge in [-0.3, -0.25) is 4.57 Å². The van der Waals surface area contributed by atoms with E-state index in [1.54, 1.807) is 0 Å². The number of hydrogen-bond donors (Lipinski definition) is 0. The van der Waals surface area contributed by atoms with Gasteiger partial charge in [0.2, 0.25) is 5.95 Å². The zero-order chi connectivity index (χ0) is 50.6. The molecule has 0 saturated carbocycles. The van der Waals surface area contributed by atoms with E-state index in [0.717, 1.165) is 186 Å². The third kappa shape index (κ3) is 10.1. The molecule has 75 heavy (non-hydrogen) atoms. The minimum Gasteiger partial charge on any atom is -0.381 e. The number of benzene rings is 7. The summed E-state index contributed by atoms with van der Waals surface area (Å²) in [6.45, 7) is 13.3. The standard InChI is InChI=1S/C65H68N4O6/c1-3-65(44-75-45-65)43-73-33-19-7-17-31-71-39-48-35-56-55-37-59-54(53-34-46(28-29-58(53)68(59)49-22-10-5-11-23-49)38-70-30-16-6-18-32-72-40-64(2)41-74-42-64)36-60(55)69(62(56)51-25-13-12-24-50(48)51)63-66-57-27-15-14-26-52(57)61(67-63)47-20-8-4-9-21-47/h4-5,8-15,20-29,34-37H,3,6-7,16-19,30-33,38-45H2,1-2H3. The minimum absolute atomic E-state index is 0.190. The highest BCUT2D eigenvalue weighted by Gasteiger charge is 2.37. The van der Waals surface area contributed by atoms with Crippen LogP contribution in [-0.2, 0) is 41.6 Å². The molecule has 0 unspecified atom stereocenters. The number of hydrogen-bond acceptors (Lipinski definition) is 8. The lowest BCUT2D eigenvalue weighted by Gasteiger charge is -2.40. The molecule has 2 aliphatic heterocycles. The predicted molar refractivity (Wildman–Crippen MR) is 302 cm³/mol. The van der Waals surface area contributed by atoms with E-state index in [1.807, 2.05) is 0 Å². The molecule has 5 heterocycles. The molecule has 384 valence electrons. The number of unbranched alkanes of at least 4 members (excludes halogenated alkanes) is 4. The molecular weight excluding hydrogens is 933 g/mol. The fraction of sp³-hybridized carbons (Fsp3) is 0.354. The lowest BCUT2D eigenvalue weighted by atomic mass is 9.84. The molecule has 2 aliphatic rings. The second-order valence-electron chi connectivity index (χ2n) is 21.5. The van der Waals surface area contributed by atoms with Gasteiger partial charge in [0.25, 0.3) is 0 Å². The van der Waals surface area contributed by atoms with Crippen LogP contribution >= 0.6 is 0 Å². The molecule has 0 amide bonds. The summed E-state index contributed by atoms with van der Waals surface area (Å²) in [4.78, 5) is 11.0. The molecule has 0 bridgehead atoms. The van der Waals surface area contributed by atoms with Gasteiger partial charge in [-0.2, -0.15) is 0 Å². The SMILES string of the molecule is CCC1(COCCCCCOCc2cc3c4cc5c(cc4n(-c4nc(-c6ccccc6)c6ccccc6n4)c3c3ccccc23)c2cc(COCCCCCOCC3(C)COC3)ccc2n5-c2ccccc2)COC1. The lowest BCUT2D eigenvalue weighted by molar-refractivity contribution is -0.150. The highest BCUT2D eigenvalue weighted by molar-refractivity contribution is 6.23. The van der Waals surface area contributed by atoms with E-state index >= 15 is 0 Å². The van der Waals surface area contributed by atoms with Gasteiger partial charge in [-0.15, -0.1) is 0 Å². The molecule has 3 aromatic heterocycles. The number of fused-ring (bicyclic) bond motifs is 9. The second-order valence-corrected chi connectivity index (χ2v) is 21.5. The van der Waals surface area contributed by atoms with Crippen LogP contribution in [-0.4, -0.2) is 85.2 Å².